The first-order valence-electron chi connectivity index (χ1n) is 6.96. The van der Waals surface area contributed by atoms with Gasteiger partial charge in [-0.2, -0.15) is 0 Å². The molecule has 0 aliphatic carbocycles. The first kappa shape index (κ1) is 13.8. The van der Waals surface area contributed by atoms with E-state index in [1.165, 1.54) is 5.56 Å². The van der Waals surface area contributed by atoms with Crippen LogP contribution in [-0.2, 0) is 0 Å². The highest BCUT2D eigenvalue weighted by Crippen LogP contribution is 2.39. The smallest absolute Gasteiger partial charge is 0.126 e. The maximum absolute atomic E-state index is 14.2. The zero-order valence-electron chi connectivity index (χ0n) is 11.2. The molecule has 1 aliphatic rings. The van der Waals surface area contributed by atoms with Crippen LogP contribution >= 0.6 is 15.9 Å². The van der Waals surface area contributed by atoms with E-state index in [0.29, 0.717) is 5.92 Å². The van der Waals surface area contributed by atoms with Gasteiger partial charge in [0, 0.05) is 16.9 Å². The van der Waals surface area contributed by atoms with Gasteiger partial charge in [0.15, 0.2) is 0 Å². The Morgan fingerprint density at radius 2 is 1.85 bits per heavy atom. The van der Waals surface area contributed by atoms with Crippen molar-refractivity contribution in [3.05, 3.63) is 69.9 Å². The standard InChI is InChI=1S/C17H17BrFN/c18-13-6-7-17(19)15(10-13)14-8-9-20-11-16(14)12-4-2-1-3-5-12/h1-7,10,14,16,20H,8-9,11H2. The third kappa shape index (κ3) is 2.79. The topological polar surface area (TPSA) is 12.0 Å². The van der Waals surface area contributed by atoms with E-state index in [1.807, 2.05) is 12.1 Å². The average molecular weight is 334 g/mol. The first-order valence-corrected chi connectivity index (χ1v) is 7.75. The molecule has 1 heterocycles. The molecule has 0 bridgehead atoms. The summed E-state index contributed by atoms with van der Waals surface area (Å²) in [6.07, 6.45) is 0.965. The third-order valence-electron chi connectivity index (χ3n) is 4.07. The summed E-state index contributed by atoms with van der Waals surface area (Å²) in [6, 6.07) is 15.7. The molecule has 1 nitrogen and oxygen atoms in total. The van der Waals surface area contributed by atoms with Gasteiger partial charge in [0.1, 0.15) is 5.82 Å². The fourth-order valence-electron chi connectivity index (χ4n) is 3.08. The Bertz CT molecular complexity index is 585. The highest BCUT2D eigenvalue weighted by atomic mass is 79.9. The van der Waals surface area contributed by atoms with Gasteiger partial charge in [-0.3, -0.25) is 0 Å². The normalized spacial score (nSPS) is 22.7. The van der Waals surface area contributed by atoms with Crippen molar-refractivity contribution in [1.82, 2.24) is 5.32 Å². The van der Waals surface area contributed by atoms with E-state index < -0.39 is 0 Å². The SMILES string of the molecule is Fc1ccc(Br)cc1C1CCNCC1c1ccccc1. The molecule has 3 rings (SSSR count). The molecule has 0 amide bonds. The lowest BCUT2D eigenvalue weighted by Crippen LogP contribution is -2.34. The van der Waals surface area contributed by atoms with E-state index in [9.17, 15) is 4.39 Å². The fraction of sp³-hybridized carbons (Fsp3) is 0.294. The van der Waals surface area contributed by atoms with E-state index in [4.69, 9.17) is 0 Å². The summed E-state index contributed by atoms with van der Waals surface area (Å²) in [6.45, 7) is 1.85. The van der Waals surface area contributed by atoms with Crippen LogP contribution in [-0.4, -0.2) is 13.1 Å². The molecule has 1 N–H and O–H groups in total. The molecular formula is C17H17BrFN. The molecule has 2 unspecified atom stereocenters. The molecule has 1 fully saturated rings. The minimum Gasteiger partial charge on any atom is -0.316 e. The van der Waals surface area contributed by atoms with Crippen molar-refractivity contribution in [2.75, 3.05) is 13.1 Å². The Balaban J connectivity index is 1.99. The van der Waals surface area contributed by atoms with Gasteiger partial charge in [0.05, 0.1) is 0 Å². The lowest BCUT2D eigenvalue weighted by Gasteiger charge is -2.33. The molecular weight excluding hydrogens is 317 g/mol. The number of hydrogen-bond acceptors (Lipinski definition) is 1. The van der Waals surface area contributed by atoms with E-state index in [1.54, 1.807) is 12.1 Å². The number of nitrogens with one attached hydrogen (secondary N) is 1. The molecule has 104 valence electrons. The van der Waals surface area contributed by atoms with Gasteiger partial charge in [-0.25, -0.2) is 4.39 Å². The fourth-order valence-corrected chi connectivity index (χ4v) is 3.46. The maximum atomic E-state index is 14.2. The largest absolute Gasteiger partial charge is 0.316 e. The molecule has 1 saturated heterocycles. The van der Waals surface area contributed by atoms with Crippen molar-refractivity contribution in [2.45, 2.75) is 18.3 Å². The van der Waals surface area contributed by atoms with Crippen LogP contribution in [0, 0.1) is 5.82 Å². The highest BCUT2D eigenvalue weighted by Gasteiger charge is 2.29. The molecule has 20 heavy (non-hydrogen) atoms. The van der Waals surface area contributed by atoms with Gasteiger partial charge >= 0.3 is 0 Å². The van der Waals surface area contributed by atoms with Gasteiger partial charge < -0.3 is 5.32 Å². The van der Waals surface area contributed by atoms with Crippen molar-refractivity contribution in [2.24, 2.45) is 0 Å². The minimum absolute atomic E-state index is 0.0963. The van der Waals surface area contributed by atoms with Crippen molar-refractivity contribution in [1.29, 1.82) is 0 Å². The van der Waals surface area contributed by atoms with Crippen molar-refractivity contribution in [3.63, 3.8) is 0 Å². The van der Waals surface area contributed by atoms with Crippen molar-refractivity contribution < 1.29 is 4.39 Å². The number of benzene rings is 2. The van der Waals surface area contributed by atoms with Gasteiger partial charge in [0.25, 0.3) is 0 Å². The van der Waals surface area contributed by atoms with Crippen molar-refractivity contribution >= 4 is 15.9 Å². The Kier molecular flexibility index (Phi) is 4.18. The third-order valence-corrected chi connectivity index (χ3v) is 4.56. The number of hydrogen-bond donors (Lipinski definition) is 1. The van der Waals surface area contributed by atoms with Gasteiger partial charge in [-0.15, -0.1) is 0 Å². The Hall–Kier alpha value is -1.19. The first-order chi connectivity index (χ1) is 9.75. The summed E-state index contributed by atoms with van der Waals surface area (Å²) in [4.78, 5) is 0. The summed E-state index contributed by atoms with van der Waals surface area (Å²) in [5.74, 6) is 0.464. The second-order valence-corrected chi connectivity index (χ2v) is 6.20. The predicted molar refractivity (Wildman–Crippen MR) is 83.5 cm³/mol. The molecule has 0 aromatic heterocycles. The molecule has 0 radical (unpaired) electrons. The Morgan fingerprint density at radius 3 is 2.65 bits per heavy atom. The van der Waals surface area contributed by atoms with Crippen molar-refractivity contribution in [3.8, 4) is 0 Å². The van der Waals surface area contributed by atoms with Crippen LogP contribution in [0.25, 0.3) is 0 Å². The van der Waals surface area contributed by atoms with E-state index in [2.05, 4.69) is 45.5 Å². The molecule has 2 aromatic carbocycles. The number of rotatable bonds is 2. The van der Waals surface area contributed by atoms with Gasteiger partial charge in [-0.1, -0.05) is 46.3 Å². The summed E-state index contributed by atoms with van der Waals surface area (Å²) in [5.41, 5.74) is 2.11. The van der Waals surface area contributed by atoms with Gasteiger partial charge in [-0.05, 0) is 48.2 Å². The Labute approximate surface area is 127 Å². The van der Waals surface area contributed by atoms with Crippen LogP contribution in [0.3, 0.4) is 0 Å². The highest BCUT2D eigenvalue weighted by molar-refractivity contribution is 9.10. The van der Waals surface area contributed by atoms with Crippen LogP contribution in [0.15, 0.2) is 53.0 Å². The molecule has 3 heteroatoms. The molecule has 1 aliphatic heterocycles. The van der Waals surface area contributed by atoms with E-state index in [-0.39, 0.29) is 11.7 Å². The van der Waals surface area contributed by atoms with Gasteiger partial charge in [0.2, 0.25) is 0 Å². The van der Waals surface area contributed by atoms with E-state index >= 15 is 0 Å². The monoisotopic (exact) mass is 333 g/mol. The van der Waals surface area contributed by atoms with Crippen LogP contribution in [0.5, 0.6) is 0 Å². The molecule has 0 spiro atoms. The number of halogens is 2. The second kappa shape index (κ2) is 6.06. The maximum Gasteiger partial charge on any atom is 0.126 e. The Morgan fingerprint density at radius 1 is 1.05 bits per heavy atom. The van der Waals surface area contributed by atoms with Crippen LogP contribution in [0.1, 0.15) is 29.4 Å². The summed E-state index contributed by atoms with van der Waals surface area (Å²) in [5, 5.41) is 3.43. The second-order valence-electron chi connectivity index (χ2n) is 5.28. The minimum atomic E-state index is -0.0963. The molecule has 2 atom stereocenters. The lowest BCUT2D eigenvalue weighted by molar-refractivity contribution is 0.393. The quantitative estimate of drug-likeness (QED) is 0.856. The number of piperidine rings is 1. The summed E-state index contributed by atoms with van der Waals surface area (Å²) in [7, 11) is 0. The zero-order chi connectivity index (χ0) is 13.9. The molecule has 0 saturated carbocycles. The summed E-state index contributed by atoms with van der Waals surface area (Å²) < 4.78 is 15.1. The summed E-state index contributed by atoms with van der Waals surface area (Å²) >= 11 is 3.46. The lowest BCUT2D eigenvalue weighted by atomic mass is 9.77. The van der Waals surface area contributed by atoms with E-state index in [0.717, 1.165) is 29.5 Å². The molecule has 2 aromatic rings. The van der Waals surface area contributed by atoms with Crippen LogP contribution in [0.2, 0.25) is 0 Å². The predicted octanol–water partition coefficient (Wildman–Crippen LogP) is 4.45. The van der Waals surface area contributed by atoms with Crippen LogP contribution in [0.4, 0.5) is 4.39 Å². The average Bonchev–Trinajstić information content (AvgIpc) is 2.51. The zero-order valence-corrected chi connectivity index (χ0v) is 12.7. The van der Waals surface area contributed by atoms with Crippen LogP contribution < -0.4 is 5.32 Å².